The molecule has 2 aliphatic heterocycles. The van der Waals surface area contributed by atoms with E-state index < -0.39 is 0 Å². The van der Waals surface area contributed by atoms with Crippen molar-refractivity contribution < 1.29 is 0 Å². The Hall–Kier alpha value is -2.27. The maximum absolute atomic E-state index is 5.99. The second kappa shape index (κ2) is 11.0. The molecule has 2 aliphatic rings. The number of halogens is 1. The first kappa shape index (κ1) is 23.5. The van der Waals surface area contributed by atoms with Crippen molar-refractivity contribution in [3.63, 3.8) is 0 Å². The smallest absolute Gasteiger partial charge is 0.0481 e. The Morgan fingerprint density at radius 2 is 1.12 bits per heavy atom. The van der Waals surface area contributed by atoms with Crippen LogP contribution in [0.25, 0.3) is 21.8 Å². The number of rotatable bonds is 6. The summed E-state index contributed by atoms with van der Waals surface area (Å²) in [5.74, 6) is 0. The first-order chi connectivity index (χ1) is 16.7. The number of hydrogen-bond acceptors (Lipinski definition) is 2. The molecule has 4 nitrogen and oxygen atoms in total. The third-order valence-corrected chi connectivity index (χ3v) is 7.61. The van der Waals surface area contributed by atoms with E-state index >= 15 is 0 Å². The van der Waals surface area contributed by atoms with Gasteiger partial charge in [0.2, 0.25) is 0 Å². The fourth-order valence-electron chi connectivity index (χ4n) is 5.39. The number of likely N-dealkylation sites (tertiary alicyclic amines) is 2. The highest BCUT2D eigenvalue weighted by molar-refractivity contribution is 6.31. The van der Waals surface area contributed by atoms with E-state index in [0.717, 1.165) is 24.7 Å². The van der Waals surface area contributed by atoms with Crippen LogP contribution in [-0.4, -0.2) is 58.2 Å². The van der Waals surface area contributed by atoms with Gasteiger partial charge in [-0.15, -0.1) is 0 Å². The van der Waals surface area contributed by atoms with E-state index in [4.69, 9.17) is 11.6 Å². The highest BCUT2D eigenvalue weighted by Crippen LogP contribution is 2.21. The van der Waals surface area contributed by atoms with Crippen LogP contribution in [0.5, 0.6) is 0 Å². The van der Waals surface area contributed by atoms with E-state index in [1.165, 1.54) is 85.8 Å². The fraction of sp³-hybridized carbons (Fsp3) is 0.448. The Kier molecular flexibility index (Phi) is 7.58. The summed E-state index contributed by atoms with van der Waals surface area (Å²) in [5, 5.41) is 3.42. The van der Waals surface area contributed by atoms with Gasteiger partial charge in [0, 0.05) is 60.0 Å². The van der Waals surface area contributed by atoms with Gasteiger partial charge in [0.05, 0.1) is 0 Å². The Balaban J connectivity index is 0.000000142. The zero-order valence-corrected chi connectivity index (χ0v) is 21.2. The second-order valence-corrected chi connectivity index (χ2v) is 10.3. The van der Waals surface area contributed by atoms with Crippen LogP contribution in [0.15, 0.2) is 60.9 Å². The molecule has 2 fully saturated rings. The van der Waals surface area contributed by atoms with Crippen molar-refractivity contribution in [1.29, 1.82) is 0 Å². The molecule has 0 radical (unpaired) electrons. The normalized spacial score (nSPS) is 17.0. The Morgan fingerprint density at radius 1 is 0.618 bits per heavy atom. The summed E-state index contributed by atoms with van der Waals surface area (Å²) >= 11 is 5.99. The van der Waals surface area contributed by atoms with Crippen molar-refractivity contribution in [2.45, 2.75) is 45.7 Å². The molecule has 2 saturated heterocycles. The van der Waals surface area contributed by atoms with Gasteiger partial charge in [-0.05, 0) is 107 Å². The molecule has 2 aromatic carbocycles. The van der Waals surface area contributed by atoms with E-state index in [2.05, 4.69) is 74.6 Å². The van der Waals surface area contributed by atoms with Crippen LogP contribution < -0.4 is 0 Å². The molecule has 4 aromatic rings. The molecule has 0 amide bonds. The topological polar surface area (TPSA) is 16.3 Å². The van der Waals surface area contributed by atoms with Crippen molar-refractivity contribution in [1.82, 2.24) is 18.9 Å². The van der Waals surface area contributed by atoms with E-state index in [9.17, 15) is 0 Å². The lowest BCUT2D eigenvalue weighted by Gasteiger charge is -2.15. The molecule has 2 aromatic heterocycles. The standard InChI is InChI=1S/C15H20N2.C14H17ClN2/c1-13-4-5-15-14(12-13)6-9-17(15)11-10-16-7-2-3-8-16;15-13-3-4-14-12(11-13)5-8-17(14)10-9-16-6-1-2-7-16/h4-6,9,12H,2-3,7-8,10-11H2,1H3;3-5,8,11H,1-2,6-7,9-10H2. The maximum Gasteiger partial charge on any atom is 0.0481 e. The van der Waals surface area contributed by atoms with Gasteiger partial charge in [-0.3, -0.25) is 0 Å². The Bertz CT molecular complexity index is 1120. The zero-order chi connectivity index (χ0) is 23.3. The molecule has 4 heterocycles. The Morgan fingerprint density at radius 3 is 1.68 bits per heavy atom. The summed E-state index contributed by atoms with van der Waals surface area (Å²) in [6.07, 6.45) is 9.87. The highest BCUT2D eigenvalue weighted by atomic mass is 35.5. The van der Waals surface area contributed by atoms with Crippen molar-refractivity contribution in [2.75, 3.05) is 39.3 Å². The van der Waals surface area contributed by atoms with Crippen LogP contribution in [0, 0.1) is 6.92 Å². The number of nitrogens with zero attached hydrogens (tertiary/aromatic N) is 4. The van der Waals surface area contributed by atoms with Crippen molar-refractivity contribution in [3.05, 3.63) is 71.5 Å². The molecular formula is C29H37ClN4. The summed E-state index contributed by atoms with van der Waals surface area (Å²) in [6, 6.07) is 17.2. The van der Waals surface area contributed by atoms with E-state index in [1.807, 2.05) is 12.1 Å². The minimum absolute atomic E-state index is 0.815. The van der Waals surface area contributed by atoms with Gasteiger partial charge in [0.1, 0.15) is 0 Å². The van der Waals surface area contributed by atoms with Crippen LogP contribution in [0.2, 0.25) is 5.02 Å². The Labute approximate surface area is 208 Å². The molecule has 0 N–H and O–H groups in total. The molecule has 0 bridgehead atoms. The lowest BCUT2D eigenvalue weighted by molar-refractivity contribution is 0.324. The van der Waals surface area contributed by atoms with Crippen LogP contribution in [-0.2, 0) is 13.1 Å². The van der Waals surface area contributed by atoms with Gasteiger partial charge >= 0.3 is 0 Å². The predicted octanol–water partition coefficient (Wildman–Crippen LogP) is 6.44. The lowest BCUT2D eigenvalue weighted by Crippen LogP contribution is -2.23. The van der Waals surface area contributed by atoms with Crippen LogP contribution in [0.1, 0.15) is 31.2 Å². The molecular weight excluding hydrogens is 440 g/mol. The summed E-state index contributed by atoms with van der Waals surface area (Å²) in [5.41, 5.74) is 4.00. The first-order valence-electron chi connectivity index (χ1n) is 12.9. The SMILES string of the molecule is Cc1ccc2c(ccn2CCN2CCCC2)c1.Clc1ccc2c(ccn2CCN2CCCC2)c1. The summed E-state index contributed by atoms with van der Waals surface area (Å²) in [7, 11) is 0. The average Bonchev–Trinajstić information content (AvgIpc) is 3.64. The molecule has 6 rings (SSSR count). The van der Waals surface area contributed by atoms with Crippen LogP contribution in [0.4, 0.5) is 0 Å². The lowest BCUT2D eigenvalue weighted by atomic mass is 10.2. The third kappa shape index (κ3) is 5.68. The molecule has 0 atom stereocenters. The second-order valence-electron chi connectivity index (χ2n) is 9.88. The number of aryl methyl sites for hydroxylation is 1. The van der Waals surface area contributed by atoms with Gasteiger partial charge in [-0.1, -0.05) is 23.2 Å². The van der Waals surface area contributed by atoms with Gasteiger partial charge in [0.25, 0.3) is 0 Å². The quantitative estimate of drug-likeness (QED) is 0.318. The van der Waals surface area contributed by atoms with Gasteiger partial charge in [-0.25, -0.2) is 0 Å². The summed E-state index contributed by atoms with van der Waals surface area (Å²) in [6.45, 7) is 11.8. The van der Waals surface area contributed by atoms with Crippen LogP contribution in [0.3, 0.4) is 0 Å². The molecule has 180 valence electrons. The number of hydrogen-bond donors (Lipinski definition) is 0. The van der Waals surface area contributed by atoms with Crippen molar-refractivity contribution >= 4 is 33.4 Å². The van der Waals surface area contributed by atoms with Crippen molar-refractivity contribution in [2.24, 2.45) is 0 Å². The van der Waals surface area contributed by atoms with Crippen molar-refractivity contribution in [3.8, 4) is 0 Å². The average molecular weight is 477 g/mol. The molecule has 0 saturated carbocycles. The minimum Gasteiger partial charge on any atom is -0.346 e. The molecule has 34 heavy (non-hydrogen) atoms. The van der Waals surface area contributed by atoms with E-state index in [1.54, 1.807) is 0 Å². The maximum atomic E-state index is 5.99. The van der Waals surface area contributed by atoms with Gasteiger partial charge in [0.15, 0.2) is 0 Å². The molecule has 0 aliphatic carbocycles. The number of benzene rings is 2. The number of aromatic nitrogens is 2. The largest absolute Gasteiger partial charge is 0.346 e. The highest BCUT2D eigenvalue weighted by Gasteiger charge is 2.12. The van der Waals surface area contributed by atoms with E-state index in [0.29, 0.717) is 0 Å². The minimum atomic E-state index is 0.815. The summed E-state index contributed by atoms with van der Waals surface area (Å²) in [4.78, 5) is 5.11. The fourth-order valence-corrected chi connectivity index (χ4v) is 5.57. The van der Waals surface area contributed by atoms with Gasteiger partial charge in [-0.2, -0.15) is 0 Å². The summed E-state index contributed by atoms with van der Waals surface area (Å²) < 4.78 is 4.71. The first-order valence-corrected chi connectivity index (χ1v) is 13.3. The molecule has 0 spiro atoms. The zero-order valence-electron chi connectivity index (χ0n) is 20.4. The van der Waals surface area contributed by atoms with Gasteiger partial charge < -0.3 is 18.9 Å². The van der Waals surface area contributed by atoms with Crippen LogP contribution >= 0.6 is 11.6 Å². The number of fused-ring (bicyclic) bond motifs is 2. The third-order valence-electron chi connectivity index (χ3n) is 7.37. The molecule has 0 unspecified atom stereocenters. The molecule has 5 heteroatoms. The predicted molar refractivity (Wildman–Crippen MR) is 145 cm³/mol. The monoisotopic (exact) mass is 476 g/mol. The van der Waals surface area contributed by atoms with E-state index in [-0.39, 0.29) is 0 Å².